The number of aliphatic hydroxyl groups excluding tert-OH is 2. The zero-order valence-corrected chi connectivity index (χ0v) is 11.2. The second-order valence-corrected chi connectivity index (χ2v) is 4.12. The molecule has 114 valence electrons. The van der Waals surface area contributed by atoms with E-state index in [-0.39, 0.29) is 32.0 Å². The van der Waals surface area contributed by atoms with Gasteiger partial charge in [-0.25, -0.2) is 0 Å². The van der Waals surface area contributed by atoms with Gasteiger partial charge in [0.2, 0.25) is 0 Å². The van der Waals surface area contributed by atoms with E-state index < -0.39 is 0 Å². The minimum absolute atomic E-state index is 0.00748. The molecule has 1 heterocycles. The highest BCUT2D eigenvalue weighted by Crippen LogP contribution is 2.09. The van der Waals surface area contributed by atoms with Crippen LogP contribution in [-0.2, 0) is 23.7 Å². The SMILES string of the molecule is OCCOCCOC(COCCO)COCC1CO1. The van der Waals surface area contributed by atoms with Crippen molar-refractivity contribution in [2.45, 2.75) is 12.2 Å². The summed E-state index contributed by atoms with van der Waals surface area (Å²) >= 11 is 0. The van der Waals surface area contributed by atoms with Crippen molar-refractivity contribution >= 4 is 0 Å². The zero-order chi connectivity index (χ0) is 13.8. The molecule has 0 aromatic rings. The van der Waals surface area contributed by atoms with E-state index in [9.17, 15) is 0 Å². The third kappa shape index (κ3) is 10.2. The molecule has 19 heavy (non-hydrogen) atoms. The molecule has 0 spiro atoms. The lowest BCUT2D eigenvalue weighted by Crippen LogP contribution is -2.28. The molecule has 7 nitrogen and oxygen atoms in total. The molecular formula is C12H24O7. The average molecular weight is 280 g/mol. The summed E-state index contributed by atoms with van der Waals surface area (Å²) in [6, 6.07) is 0. The number of rotatable bonds is 14. The van der Waals surface area contributed by atoms with Crippen LogP contribution in [0.5, 0.6) is 0 Å². The largest absolute Gasteiger partial charge is 0.394 e. The first kappa shape index (κ1) is 16.8. The summed E-state index contributed by atoms with van der Waals surface area (Å²) < 4.78 is 26.4. The van der Waals surface area contributed by atoms with Crippen LogP contribution in [0.3, 0.4) is 0 Å². The smallest absolute Gasteiger partial charge is 0.104 e. The molecule has 0 aromatic carbocycles. The molecule has 0 bridgehead atoms. The Hall–Kier alpha value is -0.280. The fraction of sp³-hybridized carbons (Fsp3) is 1.00. The van der Waals surface area contributed by atoms with E-state index in [0.29, 0.717) is 39.6 Å². The van der Waals surface area contributed by atoms with E-state index in [4.69, 9.17) is 33.9 Å². The van der Waals surface area contributed by atoms with Gasteiger partial charge < -0.3 is 33.9 Å². The fourth-order valence-electron chi connectivity index (χ4n) is 1.36. The van der Waals surface area contributed by atoms with Crippen LogP contribution >= 0.6 is 0 Å². The maximum atomic E-state index is 8.65. The third-order valence-electron chi connectivity index (χ3n) is 2.37. The standard InChI is InChI=1S/C12H24O7/c13-1-3-15-5-6-18-11(7-16-4-2-14)8-17-9-12-10-19-12/h11-14H,1-10H2. The van der Waals surface area contributed by atoms with E-state index in [0.717, 1.165) is 6.61 Å². The van der Waals surface area contributed by atoms with Crippen LogP contribution < -0.4 is 0 Å². The molecule has 0 aromatic heterocycles. The van der Waals surface area contributed by atoms with Crippen molar-refractivity contribution in [3.63, 3.8) is 0 Å². The van der Waals surface area contributed by atoms with Gasteiger partial charge in [-0.2, -0.15) is 0 Å². The Bertz CT molecular complexity index is 199. The van der Waals surface area contributed by atoms with E-state index in [2.05, 4.69) is 0 Å². The summed E-state index contributed by atoms with van der Waals surface area (Å²) in [5.41, 5.74) is 0. The van der Waals surface area contributed by atoms with Crippen molar-refractivity contribution in [2.75, 3.05) is 66.1 Å². The lowest BCUT2D eigenvalue weighted by atomic mass is 10.4. The molecule has 0 radical (unpaired) electrons. The Morgan fingerprint density at radius 2 is 1.63 bits per heavy atom. The summed E-state index contributed by atoms with van der Waals surface area (Å²) in [4.78, 5) is 0. The highest BCUT2D eigenvalue weighted by atomic mass is 16.6. The number of aliphatic hydroxyl groups is 2. The molecule has 1 rings (SSSR count). The van der Waals surface area contributed by atoms with Crippen molar-refractivity contribution in [3.05, 3.63) is 0 Å². The number of hydrogen-bond donors (Lipinski definition) is 2. The highest BCUT2D eigenvalue weighted by Gasteiger charge is 2.23. The van der Waals surface area contributed by atoms with E-state index >= 15 is 0 Å². The van der Waals surface area contributed by atoms with Gasteiger partial charge in [0, 0.05) is 0 Å². The minimum atomic E-state index is -0.192. The van der Waals surface area contributed by atoms with Gasteiger partial charge in [-0.3, -0.25) is 0 Å². The van der Waals surface area contributed by atoms with Crippen LogP contribution in [0.4, 0.5) is 0 Å². The first-order valence-corrected chi connectivity index (χ1v) is 6.55. The van der Waals surface area contributed by atoms with Gasteiger partial charge in [0.05, 0.1) is 66.1 Å². The Balaban J connectivity index is 2.03. The van der Waals surface area contributed by atoms with Gasteiger partial charge in [0.1, 0.15) is 12.2 Å². The molecule has 2 unspecified atom stereocenters. The van der Waals surface area contributed by atoms with Crippen molar-refractivity contribution in [1.82, 2.24) is 0 Å². The molecule has 2 atom stereocenters. The van der Waals surface area contributed by atoms with E-state index in [1.807, 2.05) is 0 Å². The highest BCUT2D eigenvalue weighted by molar-refractivity contribution is 4.68. The molecular weight excluding hydrogens is 256 g/mol. The average Bonchev–Trinajstić information content (AvgIpc) is 3.22. The van der Waals surface area contributed by atoms with E-state index in [1.54, 1.807) is 0 Å². The van der Waals surface area contributed by atoms with Crippen molar-refractivity contribution < 1.29 is 33.9 Å². The number of ether oxygens (including phenoxy) is 5. The van der Waals surface area contributed by atoms with Crippen LogP contribution in [0.2, 0.25) is 0 Å². The first-order valence-electron chi connectivity index (χ1n) is 6.55. The Morgan fingerprint density at radius 3 is 2.32 bits per heavy atom. The predicted octanol–water partition coefficient (Wildman–Crippen LogP) is -1.20. The topological polar surface area (TPSA) is 89.9 Å². The first-order chi connectivity index (χ1) is 9.36. The lowest BCUT2D eigenvalue weighted by Gasteiger charge is -2.18. The second-order valence-electron chi connectivity index (χ2n) is 4.12. The summed E-state index contributed by atoms with van der Waals surface area (Å²) in [7, 11) is 0. The van der Waals surface area contributed by atoms with Crippen molar-refractivity contribution in [2.24, 2.45) is 0 Å². The molecule has 1 saturated heterocycles. The zero-order valence-electron chi connectivity index (χ0n) is 11.2. The normalized spacial score (nSPS) is 19.6. The Kier molecular flexibility index (Phi) is 10.2. The van der Waals surface area contributed by atoms with Crippen LogP contribution in [0.25, 0.3) is 0 Å². The van der Waals surface area contributed by atoms with Gasteiger partial charge >= 0.3 is 0 Å². The van der Waals surface area contributed by atoms with Gasteiger partial charge in [0.25, 0.3) is 0 Å². The molecule has 0 saturated carbocycles. The monoisotopic (exact) mass is 280 g/mol. The molecule has 2 N–H and O–H groups in total. The van der Waals surface area contributed by atoms with Gasteiger partial charge in [0.15, 0.2) is 0 Å². The van der Waals surface area contributed by atoms with Crippen LogP contribution in [0.1, 0.15) is 0 Å². The number of epoxide rings is 1. The van der Waals surface area contributed by atoms with Crippen LogP contribution in [-0.4, -0.2) is 88.5 Å². The van der Waals surface area contributed by atoms with Crippen molar-refractivity contribution in [3.8, 4) is 0 Å². The lowest BCUT2D eigenvalue weighted by molar-refractivity contribution is -0.0782. The maximum absolute atomic E-state index is 8.65. The van der Waals surface area contributed by atoms with Gasteiger partial charge in [-0.15, -0.1) is 0 Å². The Morgan fingerprint density at radius 1 is 0.947 bits per heavy atom. The maximum Gasteiger partial charge on any atom is 0.104 e. The molecule has 0 amide bonds. The van der Waals surface area contributed by atoms with Gasteiger partial charge in [-0.1, -0.05) is 0 Å². The Labute approximate surface area is 113 Å². The third-order valence-corrected chi connectivity index (χ3v) is 2.37. The van der Waals surface area contributed by atoms with Crippen LogP contribution in [0.15, 0.2) is 0 Å². The minimum Gasteiger partial charge on any atom is -0.394 e. The van der Waals surface area contributed by atoms with Crippen LogP contribution in [0, 0.1) is 0 Å². The summed E-state index contributed by atoms with van der Waals surface area (Å²) in [6.07, 6.45) is 0.0370. The number of hydrogen-bond acceptors (Lipinski definition) is 7. The predicted molar refractivity (Wildman–Crippen MR) is 66.1 cm³/mol. The van der Waals surface area contributed by atoms with E-state index in [1.165, 1.54) is 0 Å². The summed E-state index contributed by atoms with van der Waals surface area (Å²) in [5, 5.41) is 17.2. The molecule has 1 aliphatic heterocycles. The molecule has 0 aliphatic carbocycles. The quantitative estimate of drug-likeness (QED) is 0.305. The second kappa shape index (κ2) is 11.5. The van der Waals surface area contributed by atoms with Crippen molar-refractivity contribution in [1.29, 1.82) is 0 Å². The molecule has 7 heteroatoms. The fourth-order valence-corrected chi connectivity index (χ4v) is 1.36. The summed E-state index contributed by atoms with van der Waals surface area (Å²) in [6.45, 7) is 3.55. The molecule has 1 aliphatic rings. The molecule has 1 fully saturated rings. The van der Waals surface area contributed by atoms with Gasteiger partial charge in [-0.05, 0) is 0 Å². The summed E-state index contributed by atoms with van der Waals surface area (Å²) in [5.74, 6) is 0.